The first-order valence-corrected chi connectivity index (χ1v) is 4.37. The number of rotatable bonds is 4. The summed E-state index contributed by atoms with van der Waals surface area (Å²) in [4.78, 5) is 4.93. The fourth-order valence-corrected chi connectivity index (χ4v) is 1.28. The Hall–Kier alpha value is -0.900. The predicted molar refractivity (Wildman–Crippen MR) is 53.0 cm³/mol. The molecule has 2 atom stereocenters. The van der Waals surface area contributed by atoms with Gasteiger partial charge in [0.2, 0.25) is 0 Å². The van der Waals surface area contributed by atoms with Gasteiger partial charge in [-0.3, -0.25) is 4.84 Å². The van der Waals surface area contributed by atoms with Gasteiger partial charge in [-0.05, 0) is 19.5 Å². The van der Waals surface area contributed by atoms with Gasteiger partial charge in [0.1, 0.15) is 6.10 Å². The summed E-state index contributed by atoms with van der Waals surface area (Å²) in [5, 5.41) is 3.11. The van der Waals surface area contributed by atoms with E-state index in [2.05, 4.69) is 5.32 Å². The summed E-state index contributed by atoms with van der Waals surface area (Å²) in [7, 11) is 1.89. The number of likely N-dealkylation sites (N-methyl/N-ethyl adjacent to an activating group) is 1. The van der Waals surface area contributed by atoms with Crippen LogP contribution < -0.4 is 11.2 Å². The highest BCUT2D eigenvalue weighted by Crippen LogP contribution is 2.18. The summed E-state index contributed by atoms with van der Waals surface area (Å²) in [6.45, 7) is 2.03. The zero-order valence-electron chi connectivity index (χ0n) is 8.03. The molecule has 0 bridgehead atoms. The van der Waals surface area contributed by atoms with Gasteiger partial charge < -0.3 is 5.32 Å². The first-order valence-electron chi connectivity index (χ1n) is 4.37. The SMILES string of the molecule is CNC(C)C(ON)c1ccccc1. The first-order chi connectivity index (χ1) is 6.29. The Balaban J connectivity index is 2.78. The summed E-state index contributed by atoms with van der Waals surface area (Å²) in [5.74, 6) is 5.24. The summed E-state index contributed by atoms with van der Waals surface area (Å²) in [6, 6.07) is 10.1. The van der Waals surface area contributed by atoms with Crippen LogP contribution in [0.25, 0.3) is 0 Å². The number of hydrogen-bond donors (Lipinski definition) is 2. The Kier molecular flexibility index (Phi) is 3.89. The molecule has 3 N–H and O–H groups in total. The molecule has 1 aromatic rings. The number of nitrogens with one attached hydrogen (secondary N) is 1. The van der Waals surface area contributed by atoms with Crippen molar-refractivity contribution in [3.05, 3.63) is 35.9 Å². The second kappa shape index (κ2) is 4.97. The Bertz CT molecular complexity index is 238. The molecule has 13 heavy (non-hydrogen) atoms. The van der Waals surface area contributed by atoms with E-state index in [0.29, 0.717) is 0 Å². The summed E-state index contributed by atoms with van der Waals surface area (Å²) in [6.07, 6.45) is -0.0915. The predicted octanol–water partition coefficient (Wildman–Crippen LogP) is 1.23. The van der Waals surface area contributed by atoms with Crippen LogP contribution in [0.5, 0.6) is 0 Å². The highest BCUT2D eigenvalue weighted by Gasteiger charge is 2.17. The van der Waals surface area contributed by atoms with Crippen molar-refractivity contribution in [3.8, 4) is 0 Å². The lowest BCUT2D eigenvalue weighted by molar-refractivity contribution is 0.0306. The van der Waals surface area contributed by atoms with Gasteiger partial charge in [0.25, 0.3) is 0 Å². The first kappa shape index (κ1) is 10.2. The molecule has 3 nitrogen and oxygen atoms in total. The lowest BCUT2D eigenvalue weighted by Crippen LogP contribution is -2.32. The van der Waals surface area contributed by atoms with E-state index in [1.165, 1.54) is 0 Å². The van der Waals surface area contributed by atoms with Gasteiger partial charge in [-0.2, -0.15) is 0 Å². The van der Waals surface area contributed by atoms with Crippen LogP contribution in [0, 0.1) is 0 Å². The Morgan fingerprint density at radius 1 is 1.31 bits per heavy atom. The highest BCUT2D eigenvalue weighted by molar-refractivity contribution is 5.18. The van der Waals surface area contributed by atoms with Gasteiger partial charge in [0, 0.05) is 6.04 Å². The van der Waals surface area contributed by atoms with Crippen molar-refractivity contribution in [2.75, 3.05) is 7.05 Å². The van der Waals surface area contributed by atoms with Gasteiger partial charge >= 0.3 is 0 Å². The van der Waals surface area contributed by atoms with Gasteiger partial charge in [0.05, 0.1) is 0 Å². The van der Waals surface area contributed by atoms with Crippen LogP contribution in [0.3, 0.4) is 0 Å². The zero-order chi connectivity index (χ0) is 9.68. The maximum Gasteiger partial charge on any atom is 0.119 e. The van der Waals surface area contributed by atoms with Crippen molar-refractivity contribution in [1.82, 2.24) is 5.32 Å². The molecule has 0 aliphatic carbocycles. The van der Waals surface area contributed by atoms with Gasteiger partial charge in [-0.1, -0.05) is 30.3 Å². The van der Waals surface area contributed by atoms with Crippen molar-refractivity contribution >= 4 is 0 Å². The fraction of sp³-hybridized carbons (Fsp3) is 0.400. The molecule has 3 heteroatoms. The lowest BCUT2D eigenvalue weighted by atomic mass is 10.0. The third-order valence-electron chi connectivity index (χ3n) is 2.18. The minimum atomic E-state index is -0.0915. The van der Waals surface area contributed by atoms with Crippen LogP contribution in [0.1, 0.15) is 18.6 Å². The van der Waals surface area contributed by atoms with Gasteiger partial charge in [-0.15, -0.1) is 0 Å². The molecule has 1 aromatic carbocycles. The van der Waals surface area contributed by atoms with Crippen molar-refractivity contribution < 1.29 is 4.84 Å². The summed E-state index contributed by atoms with van der Waals surface area (Å²) < 4.78 is 0. The molecule has 0 aliphatic rings. The summed E-state index contributed by atoms with van der Waals surface area (Å²) in [5.41, 5.74) is 1.09. The van der Waals surface area contributed by atoms with E-state index in [1.807, 2.05) is 44.3 Å². The van der Waals surface area contributed by atoms with Crippen LogP contribution in [-0.4, -0.2) is 13.1 Å². The van der Waals surface area contributed by atoms with E-state index in [0.717, 1.165) is 5.56 Å². The van der Waals surface area contributed by atoms with E-state index in [9.17, 15) is 0 Å². The van der Waals surface area contributed by atoms with Crippen molar-refractivity contribution in [3.63, 3.8) is 0 Å². The van der Waals surface area contributed by atoms with Crippen LogP contribution in [0.15, 0.2) is 30.3 Å². The molecule has 0 fully saturated rings. The standard InChI is InChI=1S/C10H16N2O/c1-8(12-2)10(13-11)9-6-4-3-5-7-9/h3-8,10,12H,11H2,1-2H3. The molecule has 0 radical (unpaired) electrons. The Morgan fingerprint density at radius 3 is 2.38 bits per heavy atom. The molecular weight excluding hydrogens is 164 g/mol. The van der Waals surface area contributed by atoms with Crippen LogP contribution in [0.4, 0.5) is 0 Å². The van der Waals surface area contributed by atoms with E-state index < -0.39 is 0 Å². The van der Waals surface area contributed by atoms with E-state index in [-0.39, 0.29) is 12.1 Å². The van der Waals surface area contributed by atoms with Crippen molar-refractivity contribution in [2.24, 2.45) is 5.90 Å². The molecule has 1 rings (SSSR count). The molecule has 0 saturated heterocycles. The topological polar surface area (TPSA) is 47.3 Å². The van der Waals surface area contributed by atoms with Gasteiger partial charge in [-0.25, -0.2) is 5.90 Å². The van der Waals surface area contributed by atoms with E-state index >= 15 is 0 Å². The molecule has 0 aromatic heterocycles. The Labute approximate surface area is 78.8 Å². The van der Waals surface area contributed by atoms with Gasteiger partial charge in [0.15, 0.2) is 0 Å². The van der Waals surface area contributed by atoms with Crippen LogP contribution in [-0.2, 0) is 4.84 Å². The minimum absolute atomic E-state index is 0.0915. The maximum atomic E-state index is 5.24. The molecule has 0 amide bonds. The Morgan fingerprint density at radius 2 is 1.92 bits per heavy atom. The minimum Gasteiger partial charge on any atom is -0.314 e. The smallest absolute Gasteiger partial charge is 0.119 e. The number of nitrogens with two attached hydrogens (primary N) is 1. The molecule has 72 valence electrons. The van der Waals surface area contributed by atoms with Crippen LogP contribution in [0.2, 0.25) is 0 Å². The maximum absolute atomic E-state index is 5.24. The lowest BCUT2D eigenvalue weighted by Gasteiger charge is -2.21. The largest absolute Gasteiger partial charge is 0.314 e. The fourth-order valence-electron chi connectivity index (χ4n) is 1.28. The second-order valence-electron chi connectivity index (χ2n) is 3.04. The molecule has 0 saturated carbocycles. The average Bonchev–Trinajstić information content (AvgIpc) is 2.20. The molecule has 0 heterocycles. The van der Waals surface area contributed by atoms with Crippen molar-refractivity contribution in [1.29, 1.82) is 0 Å². The summed E-state index contributed by atoms with van der Waals surface area (Å²) >= 11 is 0. The number of benzene rings is 1. The number of hydrogen-bond acceptors (Lipinski definition) is 3. The van der Waals surface area contributed by atoms with E-state index in [4.69, 9.17) is 10.7 Å². The monoisotopic (exact) mass is 180 g/mol. The third-order valence-corrected chi connectivity index (χ3v) is 2.18. The average molecular weight is 180 g/mol. The normalized spacial score (nSPS) is 15.3. The second-order valence-corrected chi connectivity index (χ2v) is 3.04. The quantitative estimate of drug-likeness (QED) is 0.685. The highest BCUT2D eigenvalue weighted by atomic mass is 16.6. The van der Waals surface area contributed by atoms with Crippen molar-refractivity contribution in [2.45, 2.75) is 19.1 Å². The molecule has 2 unspecified atom stereocenters. The third kappa shape index (κ3) is 2.52. The molecular formula is C10H16N2O. The van der Waals surface area contributed by atoms with E-state index in [1.54, 1.807) is 0 Å². The van der Waals surface area contributed by atoms with Crippen LogP contribution >= 0.6 is 0 Å². The molecule has 0 aliphatic heterocycles. The molecule has 0 spiro atoms. The zero-order valence-corrected chi connectivity index (χ0v) is 8.03.